The van der Waals surface area contributed by atoms with Gasteiger partial charge < -0.3 is 20.4 Å². The van der Waals surface area contributed by atoms with E-state index in [0.29, 0.717) is 43.1 Å². The normalized spacial score (nSPS) is 22.2. The number of hydrogen-bond donors (Lipinski definition) is 2. The van der Waals surface area contributed by atoms with Crippen molar-refractivity contribution in [3.63, 3.8) is 0 Å². The first kappa shape index (κ1) is 23.1. The molecule has 1 saturated carbocycles. The zero-order chi connectivity index (χ0) is 23.8. The number of carbonyl (C=O) groups is 2. The van der Waals surface area contributed by atoms with E-state index in [1.165, 1.54) is 6.33 Å². The summed E-state index contributed by atoms with van der Waals surface area (Å²) in [5.41, 5.74) is 2.06. The predicted molar refractivity (Wildman–Crippen MR) is 132 cm³/mol. The lowest BCUT2D eigenvalue weighted by Crippen LogP contribution is -2.50. The van der Waals surface area contributed by atoms with E-state index in [0.717, 1.165) is 36.3 Å². The van der Waals surface area contributed by atoms with Gasteiger partial charge in [0.15, 0.2) is 0 Å². The fourth-order valence-electron chi connectivity index (χ4n) is 5.10. The second kappa shape index (κ2) is 9.50. The number of hydrogen-bond acceptors (Lipinski definition) is 6. The standard InChI is InChI=1S/C25H31ClN6O2/c1-15(2)27-8-7-18(16-3-5-17(26)6-4-16)25(34)32-11-9-31(10-12-32)23-21-19-13-20(19)24(33)30-22(21)28-14-29-23/h3-6,14-15,18-20,27H,7-13H2,1-2H3,(H,28,29,30,33)/t18-,19?,20+/m1/s1. The first-order valence-corrected chi connectivity index (χ1v) is 12.5. The van der Waals surface area contributed by atoms with Crippen LogP contribution in [0.25, 0.3) is 0 Å². The van der Waals surface area contributed by atoms with Crippen molar-refractivity contribution in [2.75, 3.05) is 42.9 Å². The van der Waals surface area contributed by atoms with Crippen molar-refractivity contribution in [3.8, 4) is 0 Å². The van der Waals surface area contributed by atoms with Gasteiger partial charge in [-0.15, -0.1) is 0 Å². The fraction of sp³-hybridized carbons (Fsp3) is 0.520. The first-order valence-electron chi connectivity index (χ1n) is 12.1. The first-order chi connectivity index (χ1) is 16.4. The van der Waals surface area contributed by atoms with Crippen LogP contribution >= 0.6 is 11.6 Å². The molecule has 8 nitrogen and oxygen atoms in total. The average Bonchev–Trinajstić information content (AvgIpc) is 3.64. The van der Waals surface area contributed by atoms with E-state index in [4.69, 9.17) is 11.6 Å². The smallest absolute Gasteiger partial charge is 0.230 e. The van der Waals surface area contributed by atoms with Gasteiger partial charge in [-0.1, -0.05) is 37.6 Å². The summed E-state index contributed by atoms with van der Waals surface area (Å²) in [5, 5.41) is 7.03. The SMILES string of the molecule is CC(C)NCC[C@@H](C(=O)N1CCN(c2ncnc3c2C2C[C@@H]2C(=O)N3)CC1)c1ccc(Cl)cc1. The summed E-state index contributed by atoms with van der Waals surface area (Å²) >= 11 is 6.09. The Morgan fingerprint density at radius 3 is 2.59 bits per heavy atom. The van der Waals surface area contributed by atoms with Crippen LogP contribution in [0.3, 0.4) is 0 Å². The van der Waals surface area contributed by atoms with Gasteiger partial charge in [0.1, 0.15) is 18.0 Å². The molecule has 1 saturated heterocycles. The molecule has 1 aliphatic carbocycles. The number of piperazine rings is 1. The lowest BCUT2D eigenvalue weighted by Gasteiger charge is -2.38. The van der Waals surface area contributed by atoms with Crippen LogP contribution in [0.1, 0.15) is 49.7 Å². The monoisotopic (exact) mass is 482 g/mol. The number of anilines is 2. The maximum absolute atomic E-state index is 13.6. The molecule has 3 heterocycles. The van der Waals surface area contributed by atoms with Crippen LogP contribution in [-0.4, -0.2) is 65.4 Å². The number of amides is 2. The fourth-order valence-corrected chi connectivity index (χ4v) is 5.22. The molecule has 3 aliphatic rings. The number of carbonyl (C=O) groups excluding carboxylic acids is 2. The van der Waals surface area contributed by atoms with E-state index in [9.17, 15) is 9.59 Å². The minimum Gasteiger partial charge on any atom is -0.353 e. The third-order valence-electron chi connectivity index (χ3n) is 7.05. The summed E-state index contributed by atoms with van der Waals surface area (Å²) in [4.78, 5) is 38.8. The molecule has 2 aromatic rings. The van der Waals surface area contributed by atoms with Crippen LogP contribution < -0.4 is 15.5 Å². The van der Waals surface area contributed by atoms with Gasteiger partial charge >= 0.3 is 0 Å². The lowest BCUT2D eigenvalue weighted by atomic mass is 9.93. The van der Waals surface area contributed by atoms with Crippen LogP contribution in [0, 0.1) is 5.92 Å². The van der Waals surface area contributed by atoms with Crippen LogP contribution in [0.4, 0.5) is 11.6 Å². The summed E-state index contributed by atoms with van der Waals surface area (Å²) in [6.45, 7) is 7.69. The van der Waals surface area contributed by atoms with Crippen molar-refractivity contribution in [1.29, 1.82) is 0 Å². The minimum atomic E-state index is -0.204. The number of rotatable bonds is 7. The molecular formula is C25H31ClN6O2. The number of nitrogens with zero attached hydrogens (tertiary/aromatic N) is 4. The van der Waals surface area contributed by atoms with E-state index < -0.39 is 0 Å². The zero-order valence-corrected chi connectivity index (χ0v) is 20.4. The Balaban J connectivity index is 1.28. The van der Waals surface area contributed by atoms with Gasteiger partial charge in [-0.05, 0) is 37.1 Å². The molecule has 5 rings (SSSR count). The molecule has 180 valence electrons. The number of benzene rings is 1. The second-order valence-electron chi connectivity index (χ2n) is 9.71. The Morgan fingerprint density at radius 1 is 1.15 bits per heavy atom. The van der Waals surface area contributed by atoms with E-state index in [2.05, 4.69) is 39.3 Å². The molecule has 34 heavy (non-hydrogen) atoms. The maximum atomic E-state index is 13.6. The Kier molecular flexibility index (Phi) is 6.44. The highest BCUT2D eigenvalue weighted by Gasteiger charge is 2.51. The molecule has 1 aromatic heterocycles. The molecule has 0 radical (unpaired) electrons. The third kappa shape index (κ3) is 4.61. The molecule has 2 aliphatic heterocycles. The van der Waals surface area contributed by atoms with Crippen LogP contribution in [-0.2, 0) is 9.59 Å². The van der Waals surface area contributed by atoms with Crippen LogP contribution in [0.5, 0.6) is 0 Å². The lowest BCUT2D eigenvalue weighted by molar-refractivity contribution is -0.133. The van der Waals surface area contributed by atoms with Crippen LogP contribution in [0.2, 0.25) is 5.02 Å². The Bertz CT molecular complexity index is 1070. The largest absolute Gasteiger partial charge is 0.353 e. The van der Waals surface area contributed by atoms with Crippen molar-refractivity contribution < 1.29 is 9.59 Å². The van der Waals surface area contributed by atoms with E-state index >= 15 is 0 Å². The van der Waals surface area contributed by atoms with Crippen molar-refractivity contribution in [1.82, 2.24) is 20.2 Å². The third-order valence-corrected chi connectivity index (χ3v) is 7.30. The zero-order valence-electron chi connectivity index (χ0n) is 19.6. The van der Waals surface area contributed by atoms with Crippen molar-refractivity contribution >= 4 is 35.1 Å². The van der Waals surface area contributed by atoms with Gasteiger partial charge in [-0.25, -0.2) is 9.97 Å². The Hall–Kier alpha value is -2.71. The summed E-state index contributed by atoms with van der Waals surface area (Å²) in [7, 11) is 0. The maximum Gasteiger partial charge on any atom is 0.230 e. The second-order valence-corrected chi connectivity index (χ2v) is 10.1. The van der Waals surface area contributed by atoms with Gasteiger partial charge in [-0.3, -0.25) is 9.59 Å². The van der Waals surface area contributed by atoms with E-state index in [1.54, 1.807) is 0 Å². The molecule has 2 fully saturated rings. The molecule has 1 unspecified atom stereocenters. The topological polar surface area (TPSA) is 90.5 Å². The molecule has 2 N–H and O–H groups in total. The summed E-state index contributed by atoms with van der Waals surface area (Å²) < 4.78 is 0. The van der Waals surface area contributed by atoms with Gasteiger partial charge in [-0.2, -0.15) is 0 Å². The summed E-state index contributed by atoms with van der Waals surface area (Å²) in [6, 6.07) is 8.01. The number of nitrogens with one attached hydrogen (secondary N) is 2. The van der Waals surface area contributed by atoms with E-state index in [-0.39, 0.29) is 29.6 Å². The highest BCUT2D eigenvalue weighted by Crippen LogP contribution is 2.55. The quantitative estimate of drug-likeness (QED) is 0.630. The molecule has 1 aromatic carbocycles. The molecule has 0 spiro atoms. The Labute approximate surface area is 205 Å². The Morgan fingerprint density at radius 2 is 1.88 bits per heavy atom. The van der Waals surface area contributed by atoms with Crippen molar-refractivity contribution in [2.45, 2.75) is 44.6 Å². The van der Waals surface area contributed by atoms with Crippen LogP contribution in [0.15, 0.2) is 30.6 Å². The van der Waals surface area contributed by atoms with Gasteiger partial charge in [0.25, 0.3) is 0 Å². The average molecular weight is 483 g/mol. The molecule has 9 heteroatoms. The summed E-state index contributed by atoms with van der Waals surface area (Å²) in [5.74, 6) is 1.85. The predicted octanol–water partition coefficient (Wildman–Crippen LogP) is 3.01. The van der Waals surface area contributed by atoms with Gasteiger partial charge in [0, 0.05) is 54.6 Å². The number of aromatic nitrogens is 2. The number of halogens is 1. The number of fused-ring (bicyclic) bond motifs is 3. The van der Waals surface area contributed by atoms with Gasteiger partial charge in [0.05, 0.1) is 5.92 Å². The summed E-state index contributed by atoms with van der Waals surface area (Å²) in [6.07, 6.45) is 3.12. The highest BCUT2D eigenvalue weighted by molar-refractivity contribution is 6.30. The van der Waals surface area contributed by atoms with E-state index in [1.807, 2.05) is 29.2 Å². The molecule has 0 bridgehead atoms. The molecule has 2 amide bonds. The highest BCUT2D eigenvalue weighted by atomic mass is 35.5. The van der Waals surface area contributed by atoms with Gasteiger partial charge in [0.2, 0.25) is 11.8 Å². The minimum absolute atomic E-state index is 0.0553. The van der Waals surface area contributed by atoms with Crippen molar-refractivity contribution in [2.24, 2.45) is 5.92 Å². The molecular weight excluding hydrogens is 452 g/mol. The van der Waals surface area contributed by atoms with Crippen molar-refractivity contribution in [3.05, 3.63) is 46.7 Å². The molecule has 3 atom stereocenters.